The predicted octanol–water partition coefficient (Wildman–Crippen LogP) is 4.24. The fraction of sp³-hybridized carbons (Fsp3) is 0. The van der Waals surface area contributed by atoms with E-state index in [-0.39, 0.29) is 27.1 Å². The van der Waals surface area contributed by atoms with Gasteiger partial charge < -0.3 is 0 Å². The molecule has 2 aromatic carbocycles. The number of pyridine rings is 1. The Labute approximate surface area is 162 Å². The summed E-state index contributed by atoms with van der Waals surface area (Å²) in [6.45, 7) is 0. The third-order valence-corrected chi connectivity index (χ3v) is 4.26. The summed E-state index contributed by atoms with van der Waals surface area (Å²) in [4.78, 5) is 41.3. The maximum absolute atomic E-state index is 13.0. The van der Waals surface area contributed by atoms with Crippen LogP contribution < -0.4 is 4.90 Å². The molecule has 0 atom stereocenters. The van der Waals surface area contributed by atoms with E-state index in [0.29, 0.717) is 0 Å². The number of hydrogen-bond donors (Lipinski definition) is 0. The summed E-state index contributed by atoms with van der Waals surface area (Å²) in [5, 5.41) is 10.9. The number of nitrogens with zero attached hydrogens (tertiary/aromatic N) is 3. The average Bonchev–Trinajstić information content (AvgIpc) is 2.70. The first-order valence-electron chi connectivity index (χ1n) is 7.78. The highest BCUT2D eigenvalue weighted by atomic mass is 79.9. The molecular weight excluding hydrogens is 414 g/mol. The molecule has 0 aliphatic heterocycles. The minimum atomic E-state index is -0.607. The average molecular weight is 426 g/mol. The van der Waals surface area contributed by atoms with E-state index in [9.17, 15) is 19.7 Å². The first kappa shape index (κ1) is 18.4. The van der Waals surface area contributed by atoms with Gasteiger partial charge in [-0.15, -0.1) is 0 Å². The van der Waals surface area contributed by atoms with E-state index in [1.165, 1.54) is 6.07 Å². The molecule has 0 saturated carbocycles. The van der Waals surface area contributed by atoms with E-state index >= 15 is 0 Å². The molecule has 0 aliphatic carbocycles. The van der Waals surface area contributed by atoms with E-state index in [0.717, 1.165) is 11.1 Å². The van der Waals surface area contributed by atoms with Gasteiger partial charge in [0.25, 0.3) is 17.5 Å². The second-order valence-electron chi connectivity index (χ2n) is 5.43. The summed E-state index contributed by atoms with van der Waals surface area (Å²) < 4.78 is 0.158. The van der Waals surface area contributed by atoms with Crippen LogP contribution in [0.3, 0.4) is 0 Å². The van der Waals surface area contributed by atoms with Crippen molar-refractivity contribution >= 4 is 39.2 Å². The number of carbonyl (C=O) groups is 2. The predicted molar refractivity (Wildman–Crippen MR) is 103 cm³/mol. The molecule has 0 bridgehead atoms. The molecule has 0 aliphatic rings. The number of carbonyl (C=O) groups excluding carboxylic acids is 2. The van der Waals surface area contributed by atoms with Crippen LogP contribution in [-0.2, 0) is 0 Å². The maximum atomic E-state index is 13.0. The van der Waals surface area contributed by atoms with Gasteiger partial charge in [-0.3, -0.25) is 19.7 Å². The van der Waals surface area contributed by atoms with Crippen LogP contribution in [-0.4, -0.2) is 21.7 Å². The summed E-state index contributed by atoms with van der Waals surface area (Å²) in [6, 6.07) is 17.7. The van der Waals surface area contributed by atoms with Crippen LogP contribution in [0.15, 0.2) is 77.4 Å². The van der Waals surface area contributed by atoms with Crippen molar-refractivity contribution in [1.82, 2.24) is 4.98 Å². The quantitative estimate of drug-likeness (QED) is 0.354. The van der Waals surface area contributed by atoms with Gasteiger partial charge in [0.05, 0.1) is 9.40 Å². The molecule has 2 amide bonds. The molecule has 0 spiro atoms. The summed E-state index contributed by atoms with van der Waals surface area (Å²) in [6.07, 6.45) is 1.00. The Balaban J connectivity index is 2.12. The zero-order valence-corrected chi connectivity index (χ0v) is 15.4. The summed E-state index contributed by atoms with van der Waals surface area (Å²) >= 11 is 3.18. The van der Waals surface area contributed by atoms with E-state index in [1.54, 1.807) is 60.7 Å². The molecule has 0 unspecified atom stereocenters. The van der Waals surface area contributed by atoms with Gasteiger partial charge in [-0.05, 0) is 40.2 Å². The molecule has 0 N–H and O–H groups in total. The lowest BCUT2D eigenvalue weighted by Gasteiger charge is -2.21. The van der Waals surface area contributed by atoms with Crippen LogP contribution in [0.2, 0.25) is 0 Å². The molecule has 7 nitrogen and oxygen atoms in total. The van der Waals surface area contributed by atoms with E-state index in [2.05, 4.69) is 20.9 Å². The van der Waals surface area contributed by atoms with Crippen molar-refractivity contribution in [1.29, 1.82) is 0 Å². The van der Waals surface area contributed by atoms with Gasteiger partial charge in [-0.1, -0.05) is 36.4 Å². The highest BCUT2D eigenvalue weighted by molar-refractivity contribution is 9.10. The number of hydrogen-bond acceptors (Lipinski definition) is 5. The monoisotopic (exact) mass is 425 g/mol. The molecule has 1 aromatic heterocycles. The molecule has 134 valence electrons. The number of benzene rings is 2. The van der Waals surface area contributed by atoms with Gasteiger partial charge in [0, 0.05) is 17.2 Å². The molecule has 3 rings (SSSR count). The molecule has 0 radical (unpaired) electrons. The normalized spacial score (nSPS) is 10.3. The third kappa shape index (κ3) is 3.90. The number of imide groups is 1. The molecule has 0 fully saturated rings. The molecule has 3 aromatic rings. The van der Waals surface area contributed by atoms with Crippen molar-refractivity contribution in [2.45, 2.75) is 0 Å². The highest BCUT2D eigenvalue weighted by Crippen LogP contribution is 2.29. The Kier molecular flexibility index (Phi) is 5.37. The number of aromatic nitrogens is 1. The topological polar surface area (TPSA) is 93.4 Å². The zero-order valence-electron chi connectivity index (χ0n) is 13.8. The third-order valence-electron chi connectivity index (χ3n) is 3.68. The molecule has 27 heavy (non-hydrogen) atoms. The minimum Gasteiger partial charge on any atom is -0.268 e. The largest absolute Gasteiger partial charge is 0.288 e. The summed E-state index contributed by atoms with van der Waals surface area (Å²) in [7, 11) is 0. The van der Waals surface area contributed by atoms with Gasteiger partial charge in [-0.25, -0.2) is 9.88 Å². The fourth-order valence-electron chi connectivity index (χ4n) is 2.39. The standard InChI is InChI=1S/C19H12BrN3O4/c20-16-11-15(23(26)27)12-21-17(16)22(18(24)13-7-3-1-4-8-13)19(25)14-9-5-2-6-10-14/h1-12H. The fourth-order valence-corrected chi connectivity index (χ4v) is 2.90. The zero-order chi connectivity index (χ0) is 19.4. The SMILES string of the molecule is O=C(c1ccccc1)N(C(=O)c1ccccc1)c1ncc([N+](=O)[O-])cc1Br. The Morgan fingerprint density at radius 3 is 1.81 bits per heavy atom. The Hall–Kier alpha value is -3.39. The Morgan fingerprint density at radius 1 is 0.926 bits per heavy atom. The van der Waals surface area contributed by atoms with Crippen LogP contribution in [0, 0.1) is 10.1 Å². The highest BCUT2D eigenvalue weighted by Gasteiger charge is 2.29. The number of anilines is 1. The first-order chi connectivity index (χ1) is 13.0. The number of amides is 2. The number of rotatable bonds is 4. The van der Waals surface area contributed by atoms with Gasteiger partial charge in [0.2, 0.25) is 0 Å². The molecule has 8 heteroatoms. The van der Waals surface area contributed by atoms with E-state index in [4.69, 9.17) is 0 Å². The summed E-state index contributed by atoms with van der Waals surface area (Å²) in [5.74, 6) is -1.21. The molecular formula is C19H12BrN3O4. The van der Waals surface area contributed by atoms with Crippen molar-refractivity contribution in [3.63, 3.8) is 0 Å². The van der Waals surface area contributed by atoms with E-state index in [1.807, 2.05) is 0 Å². The number of halogens is 1. The smallest absolute Gasteiger partial charge is 0.268 e. The van der Waals surface area contributed by atoms with Crippen LogP contribution >= 0.6 is 15.9 Å². The van der Waals surface area contributed by atoms with Crippen LogP contribution in [0.25, 0.3) is 0 Å². The van der Waals surface area contributed by atoms with Gasteiger partial charge in [0.15, 0.2) is 5.82 Å². The maximum Gasteiger partial charge on any atom is 0.288 e. The van der Waals surface area contributed by atoms with Crippen molar-refractivity contribution in [3.05, 3.63) is 98.6 Å². The van der Waals surface area contributed by atoms with Crippen LogP contribution in [0.1, 0.15) is 20.7 Å². The Bertz CT molecular complexity index is 958. The second kappa shape index (κ2) is 7.88. The first-order valence-corrected chi connectivity index (χ1v) is 8.57. The van der Waals surface area contributed by atoms with Gasteiger partial charge in [-0.2, -0.15) is 0 Å². The lowest BCUT2D eigenvalue weighted by atomic mass is 10.1. The van der Waals surface area contributed by atoms with Crippen LogP contribution in [0.5, 0.6) is 0 Å². The van der Waals surface area contributed by atoms with Gasteiger partial charge in [0.1, 0.15) is 6.20 Å². The van der Waals surface area contributed by atoms with Crippen molar-refractivity contribution in [3.8, 4) is 0 Å². The van der Waals surface area contributed by atoms with E-state index < -0.39 is 16.7 Å². The van der Waals surface area contributed by atoms with Gasteiger partial charge >= 0.3 is 0 Å². The van der Waals surface area contributed by atoms with Crippen molar-refractivity contribution in [2.75, 3.05) is 4.90 Å². The lowest BCUT2D eigenvalue weighted by Crippen LogP contribution is -2.38. The summed E-state index contributed by atoms with van der Waals surface area (Å²) in [5.41, 5.74) is 0.313. The number of nitro groups is 1. The van der Waals surface area contributed by atoms with Crippen molar-refractivity contribution in [2.24, 2.45) is 0 Å². The Morgan fingerprint density at radius 2 is 1.41 bits per heavy atom. The van der Waals surface area contributed by atoms with Crippen molar-refractivity contribution < 1.29 is 14.5 Å². The molecule has 0 saturated heterocycles. The second-order valence-corrected chi connectivity index (χ2v) is 6.29. The molecule has 1 heterocycles. The lowest BCUT2D eigenvalue weighted by molar-refractivity contribution is -0.385. The minimum absolute atomic E-state index is 0.0247. The van der Waals surface area contributed by atoms with Crippen LogP contribution in [0.4, 0.5) is 11.5 Å².